The lowest BCUT2D eigenvalue weighted by Gasteiger charge is -2.26. The fourth-order valence-electron chi connectivity index (χ4n) is 2.84. The number of morpholine rings is 1. The summed E-state index contributed by atoms with van der Waals surface area (Å²) in [7, 11) is 0. The molecule has 2 aromatic carbocycles. The van der Waals surface area contributed by atoms with Gasteiger partial charge in [-0.15, -0.1) is 0 Å². The van der Waals surface area contributed by atoms with E-state index in [4.69, 9.17) is 26.4 Å². The Bertz CT molecular complexity index is 732. The second-order valence-electron chi connectivity index (χ2n) is 6.37. The van der Waals surface area contributed by atoms with Crippen LogP contribution in [0.4, 0.5) is 5.69 Å². The normalized spacial score (nSPS) is 14.3. The lowest BCUT2D eigenvalue weighted by molar-refractivity contribution is 0.0389. The molecule has 1 heterocycles. The quantitative estimate of drug-likeness (QED) is 0.657. The minimum atomic E-state index is 0.619. The van der Waals surface area contributed by atoms with Crippen LogP contribution in [0, 0.1) is 0 Å². The maximum absolute atomic E-state index is 5.86. The van der Waals surface area contributed by atoms with Crippen LogP contribution in [0.5, 0.6) is 17.2 Å². The van der Waals surface area contributed by atoms with Crippen LogP contribution < -0.4 is 20.1 Å². The summed E-state index contributed by atoms with van der Waals surface area (Å²) in [5, 5.41) is 7.06. The van der Waals surface area contributed by atoms with Crippen molar-refractivity contribution in [2.45, 2.75) is 6.92 Å². The lowest BCUT2D eigenvalue weighted by Crippen LogP contribution is -2.42. The van der Waals surface area contributed by atoms with Crippen LogP contribution in [0.2, 0.25) is 0 Å². The molecule has 0 saturated carbocycles. The number of nitrogens with one attached hydrogen (secondary N) is 2. The number of benzene rings is 2. The molecule has 28 heavy (non-hydrogen) atoms. The fourth-order valence-corrected chi connectivity index (χ4v) is 3.06. The van der Waals surface area contributed by atoms with E-state index >= 15 is 0 Å². The number of rotatable bonds is 8. The number of hydrogen-bond acceptors (Lipinski definition) is 5. The van der Waals surface area contributed by atoms with Crippen LogP contribution in [-0.4, -0.2) is 56.0 Å². The Morgan fingerprint density at radius 3 is 2.25 bits per heavy atom. The number of anilines is 1. The van der Waals surface area contributed by atoms with Crippen molar-refractivity contribution in [3.8, 4) is 17.2 Å². The molecule has 0 atom stereocenters. The molecule has 0 spiro atoms. The molecular formula is C21H27N3O3S. The molecule has 1 aliphatic heterocycles. The van der Waals surface area contributed by atoms with Gasteiger partial charge in [-0.25, -0.2) is 0 Å². The van der Waals surface area contributed by atoms with E-state index in [1.165, 1.54) is 0 Å². The smallest absolute Gasteiger partial charge is 0.170 e. The Balaban J connectivity index is 1.41. The monoisotopic (exact) mass is 401 g/mol. The molecule has 2 aromatic rings. The number of nitrogens with zero attached hydrogens (tertiary/aromatic N) is 1. The first-order valence-corrected chi connectivity index (χ1v) is 9.99. The van der Waals surface area contributed by atoms with Crippen LogP contribution in [0.1, 0.15) is 6.92 Å². The molecule has 2 N–H and O–H groups in total. The molecular weight excluding hydrogens is 374 g/mol. The van der Waals surface area contributed by atoms with Crippen molar-refractivity contribution < 1.29 is 14.2 Å². The van der Waals surface area contributed by atoms with Crippen molar-refractivity contribution in [2.24, 2.45) is 0 Å². The third-order valence-corrected chi connectivity index (χ3v) is 4.55. The van der Waals surface area contributed by atoms with E-state index in [2.05, 4.69) is 15.5 Å². The highest BCUT2D eigenvalue weighted by Gasteiger charge is 2.09. The van der Waals surface area contributed by atoms with Gasteiger partial charge in [0.2, 0.25) is 0 Å². The molecule has 3 rings (SSSR count). The standard InChI is InChI=1S/C21H27N3O3S/c1-2-26-18-7-9-20(10-8-18)27-19-5-3-17(4-6-19)23-21(28)22-11-12-24-13-15-25-16-14-24/h3-10H,2,11-16H2,1H3,(H2,22,23,28). The Morgan fingerprint density at radius 1 is 1.00 bits per heavy atom. The second-order valence-corrected chi connectivity index (χ2v) is 6.77. The zero-order valence-corrected chi connectivity index (χ0v) is 17.0. The minimum absolute atomic E-state index is 0.619. The maximum atomic E-state index is 5.86. The molecule has 0 bridgehead atoms. The highest BCUT2D eigenvalue weighted by Crippen LogP contribution is 2.25. The van der Waals surface area contributed by atoms with E-state index in [9.17, 15) is 0 Å². The SMILES string of the molecule is CCOc1ccc(Oc2ccc(NC(=S)NCCN3CCOCC3)cc2)cc1. The van der Waals surface area contributed by atoms with Crippen molar-refractivity contribution in [3.63, 3.8) is 0 Å². The van der Waals surface area contributed by atoms with Gasteiger partial charge in [0.15, 0.2) is 5.11 Å². The molecule has 0 unspecified atom stereocenters. The predicted octanol–water partition coefficient (Wildman–Crippen LogP) is 3.50. The summed E-state index contributed by atoms with van der Waals surface area (Å²) < 4.78 is 16.6. The number of ether oxygens (including phenoxy) is 3. The zero-order chi connectivity index (χ0) is 19.6. The average Bonchev–Trinajstić information content (AvgIpc) is 2.72. The topological polar surface area (TPSA) is 55.0 Å². The van der Waals surface area contributed by atoms with E-state index in [0.717, 1.165) is 62.3 Å². The van der Waals surface area contributed by atoms with E-state index < -0.39 is 0 Å². The van der Waals surface area contributed by atoms with Crippen LogP contribution in [-0.2, 0) is 4.74 Å². The van der Waals surface area contributed by atoms with Crippen molar-refractivity contribution in [1.82, 2.24) is 10.2 Å². The third kappa shape index (κ3) is 6.67. The first kappa shape index (κ1) is 20.4. The molecule has 150 valence electrons. The summed E-state index contributed by atoms with van der Waals surface area (Å²) >= 11 is 5.37. The van der Waals surface area contributed by atoms with Gasteiger partial charge in [-0.05, 0) is 67.7 Å². The Hall–Kier alpha value is -2.35. The van der Waals surface area contributed by atoms with Crippen LogP contribution in [0.3, 0.4) is 0 Å². The Morgan fingerprint density at radius 2 is 1.61 bits per heavy atom. The first-order valence-electron chi connectivity index (χ1n) is 9.58. The van der Waals surface area contributed by atoms with E-state index in [1.807, 2.05) is 55.5 Å². The first-order chi connectivity index (χ1) is 13.7. The van der Waals surface area contributed by atoms with Crippen LogP contribution in [0.15, 0.2) is 48.5 Å². The summed E-state index contributed by atoms with van der Waals surface area (Å²) in [5.41, 5.74) is 0.919. The van der Waals surface area contributed by atoms with Gasteiger partial charge in [0.05, 0.1) is 19.8 Å². The maximum Gasteiger partial charge on any atom is 0.170 e. The van der Waals surface area contributed by atoms with Gasteiger partial charge in [-0.1, -0.05) is 0 Å². The summed E-state index contributed by atoms with van der Waals surface area (Å²) in [6.45, 7) is 7.98. The van der Waals surface area contributed by atoms with Crippen molar-refractivity contribution in [1.29, 1.82) is 0 Å². The predicted molar refractivity (Wildman–Crippen MR) is 116 cm³/mol. The molecule has 1 aliphatic rings. The van der Waals surface area contributed by atoms with Crippen molar-refractivity contribution in [2.75, 3.05) is 51.3 Å². The highest BCUT2D eigenvalue weighted by atomic mass is 32.1. The van der Waals surface area contributed by atoms with Gasteiger partial charge in [0, 0.05) is 31.9 Å². The molecule has 0 aliphatic carbocycles. The largest absolute Gasteiger partial charge is 0.494 e. The number of thiocarbonyl (C=S) groups is 1. The molecule has 6 nitrogen and oxygen atoms in total. The molecule has 1 fully saturated rings. The third-order valence-electron chi connectivity index (χ3n) is 4.30. The van der Waals surface area contributed by atoms with Gasteiger partial charge in [0.1, 0.15) is 17.2 Å². The molecule has 0 amide bonds. The van der Waals surface area contributed by atoms with Crippen LogP contribution >= 0.6 is 12.2 Å². The highest BCUT2D eigenvalue weighted by molar-refractivity contribution is 7.80. The minimum Gasteiger partial charge on any atom is -0.494 e. The van der Waals surface area contributed by atoms with Crippen LogP contribution in [0.25, 0.3) is 0 Å². The summed E-state index contributed by atoms with van der Waals surface area (Å²) in [4.78, 5) is 2.37. The van der Waals surface area contributed by atoms with Gasteiger partial charge in [-0.2, -0.15) is 0 Å². The van der Waals surface area contributed by atoms with Crippen molar-refractivity contribution >= 4 is 23.0 Å². The summed E-state index contributed by atoms with van der Waals surface area (Å²) in [6.07, 6.45) is 0. The van der Waals surface area contributed by atoms with E-state index in [-0.39, 0.29) is 0 Å². The summed E-state index contributed by atoms with van der Waals surface area (Å²) in [6, 6.07) is 15.3. The molecule has 0 radical (unpaired) electrons. The number of hydrogen-bond donors (Lipinski definition) is 2. The van der Waals surface area contributed by atoms with Gasteiger partial charge < -0.3 is 24.8 Å². The zero-order valence-electron chi connectivity index (χ0n) is 16.1. The molecule has 0 aromatic heterocycles. The fraction of sp³-hybridized carbons (Fsp3) is 0.381. The average molecular weight is 402 g/mol. The summed E-state index contributed by atoms with van der Waals surface area (Å²) in [5.74, 6) is 2.37. The van der Waals surface area contributed by atoms with Gasteiger partial charge in [-0.3, -0.25) is 4.90 Å². The van der Waals surface area contributed by atoms with Gasteiger partial charge >= 0.3 is 0 Å². The van der Waals surface area contributed by atoms with Gasteiger partial charge in [0.25, 0.3) is 0 Å². The Labute approximate surface area is 171 Å². The van der Waals surface area contributed by atoms with E-state index in [1.54, 1.807) is 0 Å². The lowest BCUT2D eigenvalue weighted by atomic mass is 10.3. The second kappa shape index (κ2) is 10.8. The molecule has 7 heteroatoms. The van der Waals surface area contributed by atoms with Crippen molar-refractivity contribution in [3.05, 3.63) is 48.5 Å². The Kier molecular flexibility index (Phi) is 7.90. The molecule has 1 saturated heterocycles. The van der Waals surface area contributed by atoms with E-state index in [0.29, 0.717) is 11.7 Å².